The van der Waals surface area contributed by atoms with Gasteiger partial charge in [-0.15, -0.1) is 0 Å². The summed E-state index contributed by atoms with van der Waals surface area (Å²) in [5.74, 6) is -1.69. The molecule has 0 aromatic heterocycles. The van der Waals surface area contributed by atoms with Gasteiger partial charge < -0.3 is 4.90 Å². The van der Waals surface area contributed by atoms with Gasteiger partial charge in [-0.1, -0.05) is 0 Å². The van der Waals surface area contributed by atoms with Gasteiger partial charge in [0.25, 0.3) is 5.91 Å². The van der Waals surface area contributed by atoms with Crippen LogP contribution in [0.5, 0.6) is 0 Å². The summed E-state index contributed by atoms with van der Waals surface area (Å²) in [5.41, 5.74) is 4.90. The van der Waals surface area contributed by atoms with Gasteiger partial charge in [0.1, 0.15) is 5.82 Å². The Hall–Kier alpha value is -2.44. The zero-order chi connectivity index (χ0) is 16.1. The van der Waals surface area contributed by atoms with Crippen molar-refractivity contribution in [1.29, 1.82) is 0 Å². The molecule has 6 nitrogen and oxygen atoms in total. The maximum Gasteiger partial charge on any atom is 0.269 e. The van der Waals surface area contributed by atoms with Gasteiger partial charge in [0.05, 0.1) is 5.92 Å². The molecule has 1 aromatic rings. The first kappa shape index (κ1) is 15.9. The summed E-state index contributed by atoms with van der Waals surface area (Å²) in [5, 5.41) is 0. The maximum absolute atomic E-state index is 12.8. The van der Waals surface area contributed by atoms with Gasteiger partial charge in [-0.2, -0.15) is 0 Å². The van der Waals surface area contributed by atoms with Crippen LogP contribution in [0, 0.1) is 11.7 Å². The molecule has 7 heteroatoms. The van der Waals surface area contributed by atoms with E-state index in [1.165, 1.54) is 31.2 Å². The van der Waals surface area contributed by atoms with E-state index in [0.29, 0.717) is 19.5 Å². The highest BCUT2D eigenvalue weighted by Crippen LogP contribution is 2.16. The summed E-state index contributed by atoms with van der Waals surface area (Å²) in [6, 6.07) is 5.00. The van der Waals surface area contributed by atoms with Gasteiger partial charge >= 0.3 is 0 Å². The van der Waals surface area contributed by atoms with Crippen molar-refractivity contribution in [3.8, 4) is 0 Å². The fraction of sp³-hybridized carbons (Fsp3) is 0.400. The minimum absolute atomic E-state index is 0.0622. The van der Waals surface area contributed by atoms with Crippen LogP contribution in [0.15, 0.2) is 24.3 Å². The van der Waals surface area contributed by atoms with Crippen molar-refractivity contribution in [3.63, 3.8) is 0 Å². The molecule has 0 saturated carbocycles. The molecular formula is C15H18FN3O3. The molecule has 3 amide bonds. The molecule has 0 aliphatic carbocycles. The topological polar surface area (TPSA) is 78.5 Å². The van der Waals surface area contributed by atoms with Crippen molar-refractivity contribution in [3.05, 3.63) is 35.6 Å². The van der Waals surface area contributed by atoms with Crippen LogP contribution in [-0.4, -0.2) is 35.7 Å². The molecule has 118 valence electrons. The zero-order valence-electron chi connectivity index (χ0n) is 12.3. The summed E-state index contributed by atoms with van der Waals surface area (Å²) < 4.78 is 12.8. The quantitative estimate of drug-likeness (QED) is 0.795. The predicted molar refractivity (Wildman–Crippen MR) is 77.0 cm³/mol. The van der Waals surface area contributed by atoms with Crippen LogP contribution in [0.25, 0.3) is 0 Å². The number of benzene rings is 1. The van der Waals surface area contributed by atoms with E-state index in [-0.39, 0.29) is 23.3 Å². The van der Waals surface area contributed by atoms with Crippen LogP contribution < -0.4 is 10.9 Å². The van der Waals surface area contributed by atoms with E-state index in [1.54, 1.807) is 4.90 Å². The molecule has 1 heterocycles. The van der Waals surface area contributed by atoms with Crippen LogP contribution >= 0.6 is 0 Å². The van der Waals surface area contributed by atoms with Crippen LogP contribution in [0.3, 0.4) is 0 Å². The molecule has 1 saturated heterocycles. The van der Waals surface area contributed by atoms with E-state index >= 15 is 0 Å². The van der Waals surface area contributed by atoms with E-state index in [0.717, 1.165) is 6.42 Å². The maximum atomic E-state index is 12.8. The highest BCUT2D eigenvalue weighted by atomic mass is 19.1. The fourth-order valence-corrected chi connectivity index (χ4v) is 2.37. The number of amides is 3. The first-order valence-electron chi connectivity index (χ1n) is 7.08. The number of likely N-dealkylation sites (tertiary alicyclic amines) is 1. The van der Waals surface area contributed by atoms with Crippen LogP contribution in [-0.2, 0) is 9.59 Å². The number of carbonyl (C=O) groups is 3. The Morgan fingerprint density at radius 1 is 1.18 bits per heavy atom. The summed E-state index contributed by atoms with van der Waals surface area (Å²) in [7, 11) is 0. The van der Waals surface area contributed by atoms with E-state index in [2.05, 4.69) is 10.9 Å². The third-order valence-electron chi connectivity index (χ3n) is 3.64. The van der Waals surface area contributed by atoms with Gasteiger partial charge in [0.15, 0.2) is 0 Å². The second-order valence-electron chi connectivity index (χ2n) is 5.25. The lowest BCUT2D eigenvalue weighted by Crippen LogP contribution is -2.49. The zero-order valence-corrected chi connectivity index (χ0v) is 12.3. The van der Waals surface area contributed by atoms with E-state index in [1.807, 2.05) is 0 Å². The molecule has 2 N–H and O–H groups in total. The number of nitrogens with one attached hydrogen (secondary N) is 2. The lowest BCUT2D eigenvalue weighted by Gasteiger charge is -2.31. The number of nitrogens with zero attached hydrogens (tertiary/aromatic N) is 1. The predicted octanol–water partition coefficient (Wildman–Crippen LogP) is 0.845. The summed E-state index contributed by atoms with van der Waals surface area (Å²) >= 11 is 0. The molecular weight excluding hydrogens is 289 g/mol. The monoisotopic (exact) mass is 307 g/mol. The Labute approximate surface area is 127 Å². The van der Waals surface area contributed by atoms with Crippen molar-refractivity contribution >= 4 is 17.7 Å². The third-order valence-corrected chi connectivity index (χ3v) is 3.64. The van der Waals surface area contributed by atoms with Crippen molar-refractivity contribution < 1.29 is 18.8 Å². The summed E-state index contributed by atoms with van der Waals surface area (Å²) in [6.45, 7) is 2.48. The minimum Gasteiger partial charge on any atom is -0.342 e. The standard InChI is InChI=1S/C15H18FN3O3/c1-10(20)19-8-2-3-12(9-19)15(22)18-17-14(21)11-4-6-13(16)7-5-11/h4-7,12H,2-3,8-9H2,1H3,(H,17,21)(H,18,22)/t12-/m1/s1. The highest BCUT2D eigenvalue weighted by molar-refractivity contribution is 5.95. The second-order valence-corrected chi connectivity index (χ2v) is 5.25. The number of rotatable bonds is 2. The van der Waals surface area contributed by atoms with Gasteiger partial charge in [-0.25, -0.2) is 4.39 Å². The fourth-order valence-electron chi connectivity index (χ4n) is 2.37. The molecule has 1 atom stereocenters. The molecule has 0 radical (unpaired) electrons. The second kappa shape index (κ2) is 7.02. The van der Waals surface area contributed by atoms with Gasteiger partial charge in [0.2, 0.25) is 11.8 Å². The number of hydrogen-bond acceptors (Lipinski definition) is 3. The smallest absolute Gasteiger partial charge is 0.269 e. The molecule has 0 unspecified atom stereocenters. The van der Waals surface area contributed by atoms with Crippen molar-refractivity contribution in [2.45, 2.75) is 19.8 Å². The van der Waals surface area contributed by atoms with Gasteiger partial charge in [-0.05, 0) is 37.1 Å². The Morgan fingerprint density at radius 3 is 2.50 bits per heavy atom. The lowest BCUT2D eigenvalue weighted by molar-refractivity contribution is -0.134. The molecule has 2 rings (SSSR count). The van der Waals surface area contributed by atoms with Crippen LogP contribution in [0.2, 0.25) is 0 Å². The minimum atomic E-state index is -0.521. The van der Waals surface area contributed by atoms with Crippen LogP contribution in [0.4, 0.5) is 4.39 Å². The number of hydrazine groups is 1. The molecule has 22 heavy (non-hydrogen) atoms. The number of carbonyl (C=O) groups excluding carboxylic acids is 3. The summed E-state index contributed by atoms with van der Waals surface area (Å²) in [4.78, 5) is 36.8. The first-order valence-corrected chi connectivity index (χ1v) is 7.08. The van der Waals surface area contributed by atoms with Crippen molar-refractivity contribution in [2.24, 2.45) is 5.92 Å². The largest absolute Gasteiger partial charge is 0.342 e. The highest BCUT2D eigenvalue weighted by Gasteiger charge is 2.27. The van der Waals surface area contributed by atoms with Gasteiger partial charge in [-0.3, -0.25) is 25.2 Å². The molecule has 1 aliphatic heterocycles. The molecule has 1 aliphatic rings. The Kier molecular flexibility index (Phi) is 5.08. The Morgan fingerprint density at radius 2 is 1.86 bits per heavy atom. The molecule has 1 fully saturated rings. The average Bonchev–Trinajstić information content (AvgIpc) is 2.53. The Bertz CT molecular complexity index is 574. The molecule has 1 aromatic carbocycles. The Balaban J connectivity index is 1.85. The van der Waals surface area contributed by atoms with E-state index in [9.17, 15) is 18.8 Å². The normalized spacial score (nSPS) is 17.7. The van der Waals surface area contributed by atoms with Crippen molar-refractivity contribution in [2.75, 3.05) is 13.1 Å². The summed E-state index contributed by atoms with van der Waals surface area (Å²) in [6.07, 6.45) is 1.42. The molecule has 0 spiro atoms. The lowest BCUT2D eigenvalue weighted by atomic mass is 9.97. The van der Waals surface area contributed by atoms with Crippen LogP contribution in [0.1, 0.15) is 30.1 Å². The van der Waals surface area contributed by atoms with Crippen molar-refractivity contribution in [1.82, 2.24) is 15.8 Å². The molecule has 0 bridgehead atoms. The number of piperidine rings is 1. The average molecular weight is 307 g/mol. The van der Waals surface area contributed by atoms with E-state index in [4.69, 9.17) is 0 Å². The van der Waals surface area contributed by atoms with E-state index < -0.39 is 11.7 Å². The number of halogens is 1. The first-order chi connectivity index (χ1) is 10.5. The third kappa shape index (κ3) is 4.03. The SMILES string of the molecule is CC(=O)N1CCC[C@@H](C(=O)NNC(=O)c2ccc(F)cc2)C1. The van der Waals surface area contributed by atoms with Gasteiger partial charge in [0, 0.05) is 25.6 Å². The number of hydrogen-bond donors (Lipinski definition) is 2.